The molecule has 1 aliphatic heterocycles. The van der Waals surface area contributed by atoms with Crippen molar-refractivity contribution in [2.75, 3.05) is 0 Å². The third-order valence-corrected chi connectivity index (χ3v) is 2.80. The maximum absolute atomic E-state index is 11.3. The van der Waals surface area contributed by atoms with Crippen molar-refractivity contribution in [3.63, 3.8) is 0 Å². The van der Waals surface area contributed by atoms with Gasteiger partial charge in [0.15, 0.2) is 18.6 Å². The molecule has 1 fully saturated rings. The summed E-state index contributed by atoms with van der Waals surface area (Å²) in [4.78, 5) is 11.9. The Morgan fingerprint density at radius 2 is 2.07 bits per heavy atom. The Hall–Kier alpha value is -1.20. The molecule has 0 bridgehead atoms. The van der Waals surface area contributed by atoms with E-state index < -0.39 is 0 Å². The number of rotatable bonds is 1. The Bertz CT molecular complexity index is 414. The van der Waals surface area contributed by atoms with Gasteiger partial charge in [-0.2, -0.15) is 4.57 Å². The maximum atomic E-state index is 11.3. The van der Waals surface area contributed by atoms with Gasteiger partial charge in [0.05, 0.1) is 0 Å². The highest BCUT2D eigenvalue weighted by Crippen LogP contribution is 2.22. The molecule has 0 saturated carbocycles. The van der Waals surface area contributed by atoms with Crippen molar-refractivity contribution in [3.05, 3.63) is 35.5 Å². The highest BCUT2D eigenvalue weighted by atomic mass is 32.2. The number of thiocarbonyl (C=S) groups is 1. The van der Waals surface area contributed by atoms with Gasteiger partial charge in [0.2, 0.25) is 0 Å². The largest absolute Gasteiger partial charge is 0.307 e. The number of amides is 1. The summed E-state index contributed by atoms with van der Waals surface area (Å²) in [5.41, 5.74) is 0. The van der Waals surface area contributed by atoms with E-state index in [-0.39, 0.29) is 5.91 Å². The zero-order valence-electron chi connectivity index (χ0n) is 7.14. The maximum Gasteiger partial charge on any atom is 0.269 e. The lowest BCUT2D eigenvalue weighted by Gasteiger charge is -1.87. The van der Waals surface area contributed by atoms with E-state index in [0.29, 0.717) is 9.23 Å². The van der Waals surface area contributed by atoms with Gasteiger partial charge in [-0.05, 0) is 11.8 Å². The Labute approximate surface area is 90.8 Å². The van der Waals surface area contributed by atoms with Crippen molar-refractivity contribution in [2.24, 2.45) is 0 Å². The van der Waals surface area contributed by atoms with Gasteiger partial charge < -0.3 is 5.32 Å². The minimum atomic E-state index is -0.128. The van der Waals surface area contributed by atoms with E-state index >= 15 is 0 Å². The first-order valence-electron chi connectivity index (χ1n) is 3.96. The van der Waals surface area contributed by atoms with E-state index in [9.17, 15) is 4.79 Å². The number of carbonyl (C=O) groups is 1. The van der Waals surface area contributed by atoms with Gasteiger partial charge in [0.25, 0.3) is 5.91 Å². The molecule has 0 unspecified atom stereocenters. The summed E-state index contributed by atoms with van der Waals surface area (Å²) < 4.78 is 2.33. The van der Waals surface area contributed by atoms with Gasteiger partial charge in [-0.3, -0.25) is 4.79 Å². The lowest BCUT2D eigenvalue weighted by atomic mass is 10.5. The Morgan fingerprint density at radius 3 is 2.64 bits per heavy atom. The molecule has 2 rings (SSSR count). The van der Waals surface area contributed by atoms with Crippen LogP contribution in [0.25, 0.3) is 6.20 Å². The molecular weight excluding hydrogens is 216 g/mol. The van der Waals surface area contributed by atoms with Gasteiger partial charge in [-0.15, -0.1) is 0 Å². The standard InChI is InChI=1S/C9H6N2OS2/c12-8-7(14-9(13)10-8)6-11-4-2-1-3-5-11/h1-6H/p+1/b7-6-. The predicted octanol–water partition coefficient (Wildman–Crippen LogP) is 0.920. The third-order valence-electron chi connectivity index (χ3n) is 1.65. The summed E-state index contributed by atoms with van der Waals surface area (Å²) in [6, 6.07) is 5.71. The first kappa shape index (κ1) is 9.36. The van der Waals surface area contributed by atoms with E-state index in [4.69, 9.17) is 12.2 Å². The minimum absolute atomic E-state index is 0.128. The molecule has 0 aliphatic carbocycles. The van der Waals surface area contributed by atoms with Crippen molar-refractivity contribution in [1.29, 1.82) is 0 Å². The number of aromatic nitrogens is 1. The van der Waals surface area contributed by atoms with Crippen LogP contribution in [0.3, 0.4) is 0 Å². The zero-order chi connectivity index (χ0) is 9.97. The SMILES string of the molecule is O=C1NC(=S)S/C1=C\[n+]1ccccc1. The average Bonchev–Trinajstić information content (AvgIpc) is 2.47. The molecule has 2 heterocycles. The Kier molecular flexibility index (Phi) is 2.60. The van der Waals surface area contributed by atoms with Crippen LogP contribution in [0.15, 0.2) is 35.5 Å². The molecule has 14 heavy (non-hydrogen) atoms. The number of carbonyl (C=O) groups excluding carboxylic acids is 1. The van der Waals surface area contributed by atoms with Crippen LogP contribution in [0.2, 0.25) is 0 Å². The molecule has 0 spiro atoms. The molecule has 1 aromatic heterocycles. The normalized spacial score (nSPS) is 18.7. The summed E-state index contributed by atoms with van der Waals surface area (Å²) in [6.45, 7) is 0. The van der Waals surface area contributed by atoms with Gasteiger partial charge >= 0.3 is 0 Å². The number of pyridine rings is 1. The second-order valence-corrected chi connectivity index (χ2v) is 4.38. The lowest BCUT2D eigenvalue weighted by Crippen LogP contribution is -2.26. The number of nitrogens with zero attached hydrogens (tertiary/aromatic N) is 1. The van der Waals surface area contributed by atoms with Crippen LogP contribution < -0.4 is 9.88 Å². The van der Waals surface area contributed by atoms with Crippen LogP contribution in [-0.2, 0) is 4.79 Å². The number of nitrogens with one attached hydrogen (secondary N) is 1. The van der Waals surface area contributed by atoms with Crippen LogP contribution in [0, 0.1) is 0 Å². The smallest absolute Gasteiger partial charge is 0.269 e. The molecule has 1 aromatic rings. The van der Waals surface area contributed by atoms with E-state index in [1.54, 1.807) is 6.20 Å². The molecular formula is C9H7N2OS2+. The van der Waals surface area contributed by atoms with Crippen LogP contribution >= 0.6 is 24.0 Å². The molecule has 70 valence electrons. The van der Waals surface area contributed by atoms with Crippen molar-refractivity contribution in [2.45, 2.75) is 0 Å². The molecule has 3 nitrogen and oxygen atoms in total. The molecule has 1 saturated heterocycles. The predicted molar refractivity (Wildman–Crippen MR) is 59.2 cm³/mol. The fraction of sp³-hybridized carbons (Fsp3) is 0. The second kappa shape index (κ2) is 3.89. The molecule has 5 heteroatoms. The van der Waals surface area contributed by atoms with Gasteiger partial charge in [0.1, 0.15) is 9.23 Å². The van der Waals surface area contributed by atoms with Crippen molar-refractivity contribution < 1.29 is 9.36 Å². The first-order chi connectivity index (χ1) is 6.75. The summed E-state index contributed by atoms with van der Waals surface area (Å²) in [5, 5.41) is 2.56. The van der Waals surface area contributed by atoms with E-state index in [2.05, 4.69) is 5.32 Å². The fourth-order valence-electron chi connectivity index (χ4n) is 1.04. The van der Waals surface area contributed by atoms with Crippen LogP contribution in [0.5, 0.6) is 0 Å². The Balaban J connectivity index is 2.28. The summed E-state index contributed by atoms with van der Waals surface area (Å²) in [7, 11) is 0. The molecule has 0 radical (unpaired) electrons. The lowest BCUT2D eigenvalue weighted by molar-refractivity contribution is -0.568. The molecule has 1 aliphatic rings. The molecule has 1 amide bonds. The Morgan fingerprint density at radius 1 is 1.36 bits per heavy atom. The van der Waals surface area contributed by atoms with Crippen molar-refractivity contribution in [1.82, 2.24) is 5.32 Å². The zero-order valence-corrected chi connectivity index (χ0v) is 8.77. The second-order valence-electron chi connectivity index (χ2n) is 2.66. The molecule has 1 N–H and O–H groups in total. The average molecular weight is 223 g/mol. The van der Waals surface area contributed by atoms with Crippen LogP contribution in [-0.4, -0.2) is 10.2 Å². The van der Waals surface area contributed by atoms with Gasteiger partial charge in [0, 0.05) is 12.1 Å². The topological polar surface area (TPSA) is 33.0 Å². The van der Waals surface area contributed by atoms with E-state index in [1.165, 1.54) is 11.8 Å². The summed E-state index contributed by atoms with van der Waals surface area (Å²) >= 11 is 6.15. The summed E-state index contributed by atoms with van der Waals surface area (Å²) in [5.74, 6) is -0.128. The number of thioether (sulfide) groups is 1. The molecule has 0 atom stereocenters. The van der Waals surface area contributed by atoms with Crippen molar-refractivity contribution in [3.8, 4) is 0 Å². The van der Waals surface area contributed by atoms with E-state index in [0.717, 1.165) is 0 Å². The van der Waals surface area contributed by atoms with Crippen LogP contribution in [0.4, 0.5) is 0 Å². The minimum Gasteiger partial charge on any atom is -0.307 e. The van der Waals surface area contributed by atoms with E-state index in [1.807, 2.05) is 35.2 Å². The fourth-order valence-corrected chi connectivity index (χ4v) is 2.07. The monoisotopic (exact) mass is 223 g/mol. The van der Waals surface area contributed by atoms with Crippen LogP contribution in [0.1, 0.15) is 0 Å². The quantitative estimate of drug-likeness (QED) is 0.436. The highest BCUT2D eigenvalue weighted by molar-refractivity contribution is 8.26. The first-order valence-corrected chi connectivity index (χ1v) is 5.19. The van der Waals surface area contributed by atoms with Crippen molar-refractivity contribution >= 4 is 40.4 Å². The number of hydrogen-bond acceptors (Lipinski definition) is 3. The molecule has 0 aromatic carbocycles. The highest BCUT2D eigenvalue weighted by Gasteiger charge is 2.24. The number of hydrogen-bond donors (Lipinski definition) is 1. The van der Waals surface area contributed by atoms with Gasteiger partial charge in [-0.1, -0.05) is 18.3 Å². The van der Waals surface area contributed by atoms with Gasteiger partial charge in [-0.25, -0.2) is 0 Å². The summed E-state index contributed by atoms with van der Waals surface area (Å²) in [6.07, 6.45) is 5.48. The third kappa shape index (κ3) is 2.00.